The molecule has 10 aliphatic rings. The number of anilines is 2. The maximum absolute atomic E-state index is 14.9. The first-order chi connectivity index (χ1) is 23.5. The number of aliphatic hydroxyl groups is 4. The molecule has 1 unspecified atom stereocenters. The minimum atomic E-state index is -1.95. The number of aliphatic hydroxyl groups excluding tert-OH is 4. The summed E-state index contributed by atoms with van der Waals surface area (Å²) in [5, 5.41) is 55.1. The van der Waals surface area contributed by atoms with Crippen molar-refractivity contribution in [2.24, 2.45) is 0 Å². The van der Waals surface area contributed by atoms with Crippen LogP contribution >= 0.6 is 53.0 Å². The number of piperazine rings is 2. The molecule has 6 N–H and O–H groups in total. The number of hydrogen-bond donors (Lipinski definition) is 6. The first kappa shape index (κ1) is 31.3. The summed E-state index contributed by atoms with van der Waals surface area (Å²) in [6, 6.07) is 14.3. The largest absolute Gasteiger partial charge is 0.392 e. The van der Waals surface area contributed by atoms with Gasteiger partial charge in [-0.1, -0.05) is 36.4 Å². The third-order valence-electron chi connectivity index (χ3n) is 12.2. The molecule has 2 spiro atoms. The van der Waals surface area contributed by atoms with E-state index in [2.05, 4.69) is 10.6 Å². The Morgan fingerprint density at radius 1 is 0.633 bits per heavy atom. The summed E-state index contributed by atoms with van der Waals surface area (Å²) < 4.78 is 0. The highest BCUT2D eigenvalue weighted by molar-refractivity contribution is 9.10. The molecule has 2 aromatic carbocycles. The van der Waals surface area contributed by atoms with Crippen molar-refractivity contribution in [3.63, 3.8) is 0 Å². The summed E-state index contributed by atoms with van der Waals surface area (Å²) in [5.41, 5.74) is -1.50. The van der Waals surface area contributed by atoms with E-state index in [0.717, 1.165) is 53.0 Å². The van der Waals surface area contributed by atoms with Gasteiger partial charge < -0.3 is 40.9 Å². The molecule has 4 amide bonds. The first-order valence-corrected chi connectivity index (χ1v) is 21.0. The van der Waals surface area contributed by atoms with Crippen molar-refractivity contribution in [3.05, 3.63) is 59.7 Å². The van der Waals surface area contributed by atoms with Gasteiger partial charge in [0.15, 0.2) is 0 Å². The molecule has 256 valence electrons. The molecule has 0 aromatic heterocycles. The number of benzene rings is 2. The van der Waals surface area contributed by atoms with Gasteiger partial charge in [0, 0.05) is 25.5 Å². The van der Waals surface area contributed by atoms with Crippen molar-refractivity contribution in [1.82, 2.24) is 19.6 Å². The van der Waals surface area contributed by atoms with E-state index in [0.29, 0.717) is 22.5 Å². The molecule has 8 fully saturated rings. The van der Waals surface area contributed by atoms with E-state index in [1.54, 1.807) is 48.5 Å². The topological polar surface area (TPSA) is 186 Å². The van der Waals surface area contributed by atoms with Crippen LogP contribution in [0, 0.1) is 0 Å². The Morgan fingerprint density at radius 3 is 1.53 bits per heavy atom. The van der Waals surface area contributed by atoms with E-state index >= 15 is 0 Å². The molecule has 12 rings (SSSR count). The number of carbonyl (C=O) groups excluding carboxylic acids is 4. The summed E-state index contributed by atoms with van der Waals surface area (Å²) in [6.07, 6.45) is -5.84. The third kappa shape index (κ3) is 2.73. The average molecular weight is 761 g/mol. The van der Waals surface area contributed by atoms with Crippen LogP contribution in [0.2, 0.25) is 0 Å². The molecule has 14 nitrogen and oxygen atoms in total. The van der Waals surface area contributed by atoms with E-state index in [9.17, 15) is 39.6 Å². The van der Waals surface area contributed by atoms with Gasteiger partial charge >= 0.3 is 0 Å². The van der Waals surface area contributed by atoms with Crippen LogP contribution in [-0.2, 0) is 30.0 Å². The lowest BCUT2D eigenvalue weighted by atomic mass is 9.52. The number of nitrogens with zero attached hydrogens (tertiary/aromatic N) is 4. The smallest absolute Gasteiger partial charge is 0.265 e. The molecule has 2 aromatic rings. The maximum Gasteiger partial charge on any atom is 0.265 e. The monoisotopic (exact) mass is 760 g/mol. The van der Waals surface area contributed by atoms with E-state index < -0.39 is 91.7 Å². The summed E-state index contributed by atoms with van der Waals surface area (Å²) in [4.78, 5) is 57.0. The lowest BCUT2D eigenvalue weighted by molar-refractivity contribution is -0.169. The van der Waals surface area contributed by atoms with Gasteiger partial charge in [-0.3, -0.25) is 29.0 Å². The molecule has 10 heterocycles. The van der Waals surface area contributed by atoms with Crippen molar-refractivity contribution < 1.29 is 39.6 Å². The fourth-order valence-electron chi connectivity index (χ4n) is 10.0. The number of fused-ring (bicyclic) bond motifs is 12. The Labute approximate surface area is 298 Å². The fraction of sp³-hybridized carbons (Fsp3) is 0.467. The van der Waals surface area contributed by atoms with Gasteiger partial charge in [-0.25, -0.2) is 0 Å². The number of likely N-dealkylation sites (N-methyl/N-ethyl adjacent to an activating group) is 2. The van der Waals surface area contributed by atoms with Crippen LogP contribution in [0.3, 0.4) is 0 Å². The number of rotatable bonds is 3. The zero-order valence-electron chi connectivity index (χ0n) is 25.6. The van der Waals surface area contributed by atoms with Crippen LogP contribution < -0.4 is 10.6 Å². The molecule has 8 saturated heterocycles. The molecule has 0 saturated carbocycles. The normalized spacial score (nSPS) is 45.1. The Bertz CT molecular complexity index is 1960. The summed E-state index contributed by atoms with van der Waals surface area (Å²) >= 11 is 0. The Kier molecular flexibility index (Phi) is 5.93. The van der Waals surface area contributed by atoms with Gasteiger partial charge in [0.2, 0.25) is 19.5 Å². The quantitative estimate of drug-likeness (QED) is 0.228. The van der Waals surface area contributed by atoms with Gasteiger partial charge in [-0.2, -0.15) is 0 Å². The van der Waals surface area contributed by atoms with Crippen molar-refractivity contribution in [2.45, 2.75) is 54.9 Å². The molecule has 49 heavy (non-hydrogen) atoms. The molecule has 4 bridgehead atoms. The Hall–Kier alpha value is -2.49. The summed E-state index contributed by atoms with van der Waals surface area (Å²) in [5.74, 6) is -2.38. The minimum Gasteiger partial charge on any atom is -0.392 e. The minimum absolute atomic E-state index is 0.495. The lowest BCUT2D eigenvalue weighted by Crippen LogP contribution is -2.79. The van der Waals surface area contributed by atoms with E-state index in [1.807, 2.05) is 0 Å². The first-order valence-electron chi connectivity index (χ1n) is 15.4. The SMILES string of the molecule is CN1C(=O)[C@]23SS[C@@]1(CO)C(=O)N2[C@H]1Nc2ccccc2C1([C@@]12c4ccccc4N[C@@H]1N1C(=O)[C@]4(CO)SSS[C@]1(C(=O)N4C)[C@H]2O)[C@@H]3O. The molecule has 10 atom stereocenters. The summed E-state index contributed by atoms with van der Waals surface area (Å²) in [6.45, 7) is -1.37. The number of nitrogens with one attached hydrogen (secondary N) is 2. The molecular weight excluding hydrogens is 733 g/mol. The Balaban J connectivity index is 1.34. The van der Waals surface area contributed by atoms with Crippen LogP contribution in [0.25, 0.3) is 0 Å². The highest BCUT2D eigenvalue weighted by Gasteiger charge is 2.92. The van der Waals surface area contributed by atoms with Gasteiger partial charge in [-0.05, 0) is 76.3 Å². The van der Waals surface area contributed by atoms with Gasteiger partial charge in [-0.15, -0.1) is 0 Å². The number of hydrogen-bond acceptors (Lipinski definition) is 15. The summed E-state index contributed by atoms with van der Waals surface area (Å²) in [7, 11) is 8.07. The molecule has 19 heteroatoms. The van der Waals surface area contributed by atoms with Crippen LogP contribution in [0.4, 0.5) is 11.4 Å². The number of carbonyl (C=O) groups is 4. The number of para-hydroxylation sites is 2. The van der Waals surface area contributed by atoms with E-state index in [4.69, 9.17) is 0 Å². The average Bonchev–Trinajstić information content (AvgIpc) is 3.71. The van der Waals surface area contributed by atoms with Crippen molar-refractivity contribution in [1.29, 1.82) is 0 Å². The number of amides is 4. The van der Waals surface area contributed by atoms with Crippen LogP contribution in [0.15, 0.2) is 48.5 Å². The van der Waals surface area contributed by atoms with Gasteiger partial charge in [0.05, 0.1) is 24.0 Å². The standard InChI is InChI=1S/C30H28N6O8S5/c1-33-23(43)29-17(39)27(13-7-3-5-9-15(13)31-19(27)35(29)21(41)25(33,11-37)45-47-29)28-14-8-4-6-10-16(14)32-20(28)36-22(42)26(12-38)34(2)24(44)30(36,18(28)40)48-49-46-26/h3-10,17-20,31-32,37-40H,11-12H2,1-2H3/t17-,18-,19+,20+,25-,26-,27?,28+,29-,30-/m0/s1. The highest BCUT2D eigenvalue weighted by atomic mass is 33.5. The molecular formula is C30H28N6O8S5. The van der Waals surface area contributed by atoms with Gasteiger partial charge in [0.25, 0.3) is 23.6 Å². The van der Waals surface area contributed by atoms with E-state index in [1.165, 1.54) is 33.7 Å². The Morgan fingerprint density at radius 2 is 1.06 bits per heavy atom. The van der Waals surface area contributed by atoms with Crippen LogP contribution in [0.1, 0.15) is 11.1 Å². The maximum atomic E-state index is 14.9. The van der Waals surface area contributed by atoms with Crippen LogP contribution in [-0.4, -0.2) is 135 Å². The van der Waals surface area contributed by atoms with Crippen LogP contribution in [0.5, 0.6) is 0 Å². The van der Waals surface area contributed by atoms with Crippen molar-refractivity contribution >= 4 is 88.0 Å². The molecule has 10 aliphatic heterocycles. The second-order valence-electron chi connectivity index (χ2n) is 13.5. The van der Waals surface area contributed by atoms with Gasteiger partial charge in [0.1, 0.15) is 24.5 Å². The zero-order valence-corrected chi connectivity index (χ0v) is 29.7. The predicted molar refractivity (Wildman–Crippen MR) is 185 cm³/mol. The highest BCUT2D eigenvalue weighted by Crippen LogP contribution is 2.78. The third-order valence-corrected chi connectivity index (χ3v) is 20.9. The fourth-order valence-corrected chi connectivity index (χ4v) is 19.6. The zero-order chi connectivity index (χ0) is 34.3. The lowest BCUT2D eigenvalue weighted by Gasteiger charge is -2.58. The second kappa shape index (κ2) is 9.29. The van der Waals surface area contributed by atoms with E-state index in [-0.39, 0.29) is 0 Å². The second-order valence-corrected chi connectivity index (χ2v) is 20.5. The van der Waals surface area contributed by atoms with Crippen molar-refractivity contribution in [3.8, 4) is 0 Å². The predicted octanol–water partition coefficient (Wildman–Crippen LogP) is -0.0762. The molecule has 0 radical (unpaired) electrons. The molecule has 0 aliphatic carbocycles. The van der Waals surface area contributed by atoms with Crippen molar-refractivity contribution in [2.75, 3.05) is 37.9 Å².